The van der Waals surface area contributed by atoms with Gasteiger partial charge in [-0.25, -0.2) is 18.9 Å². The zero-order valence-electron chi connectivity index (χ0n) is 20.5. The summed E-state index contributed by atoms with van der Waals surface area (Å²) >= 11 is 0. The van der Waals surface area contributed by atoms with E-state index in [-0.39, 0.29) is 51.7 Å². The topological polar surface area (TPSA) is 119 Å². The molecule has 2 aromatic heterocycles. The summed E-state index contributed by atoms with van der Waals surface area (Å²) in [6, 6.07) is 14.1. The highest BCUT2D eigenvalue weighted by molar-refractivity contribution is 6.05. The van der Waals surface area contributed by atoms with Gasteiger partial charge >= 0.3 is 12.1 Å². The van der Waals surface area contributed by atoms with E-state index in [2.05, 4.69) is 15.4 Å². The molecule has 0 unspecified atom stereocenters. The van der Waals surface area contributed by atoms with Crippen LogP contribution in [0.2, 0.25) is 0 Å². The molecule has 5 rings (SSSR count). The number of alkyl halides is 3. The number of rotatable bonds is 7. The average Bonchev–Trinajstić information content (AvgIpc) is 3.50. The van der Waals surface area contributed by atoms with Crippen molar-refractivity contribution in [2.24, 2.45) is 0 Å². The Morgan fingerprint density at radius 3 is 2.50 bits per heavy atom. The van der Waals surface area contributed by atoms with Crippen LogP contribution < -0.4 is 10.1 Å². The van der Waals surface area contributed by atoms with Crippen molar-refractivity contribution in [2.75, 3.05) is 5.32 Å². The molecule has 0 spiro atoms. The number of halogens is 4. The van der Waals surface area contributed by atoms with Crippen molar-refractivity contribution in [3.63, 3.8) is 0 Å². The third kappa shape index (κ3) is 5.48. The van der Waals surface area contributed by atoms with Gasteiger partial charge in [0.1, 0.15) is 23.7 Å². The maximum Gasteiger partial charge on any atom is 0.435 e. The van der Waals surface area contributed by atoms with Gasteiger partial charge in [0.15, 0.2) is 17.2 Å². The number of oxazole rings is 1. The second-order valence-corrected chi connectivity index (χ2v) is 8.59. The minimum absolute atomic E-state index is 0.00406. The van der Waals surface area contributed by atoms with Gasteiger partial charge in [-0.15, -0.1) is 0 Å². The third-order valence-electron chi connectivity index (χ3n) is 5.75. The van der Waals surface area contributed by atoms with E-state index in [4.69, 9.17) is 14.3 Å². The SMILES string of the molecule is Cc1nc2cc(F)c(NC(=O)c3cccc(-n4nc(C(F)(F)F)cc4COc4ccc(C(=O)O)cc4)c3)cc2o1. The number of carbonyl (C=O) groups is 2. The largest absolute Gasteiger partial charge is 0.487 e. The Morgan fingerprint density at radius 2 is 1.80 bits per heavy atom. The van der Waals surface area contributed by atoms with Gasteiger partial charge in [0, 0.05) is 24.6 Å². The maximum absolute atomic E-state index is 14.5. The van der Waals surface area contributed by atoms with E-state index in [0.717, 1.165) is 16.8 Å². The number of carboxylic acids is 1. The summed E-state index contributed by atoms with van der Waals surface area (Å²) in [6.45, 7) is 1.24. The van der Waals surface area contributed by atoms with Gasteiger partial charge in [0.25, 0.3) is 5.91 Å². The first-order valence-electron chi connectivity index (χ1n) is 11.6. The van der Waals surface area contributed by atoms with E-state index in [1.54, 1.807) is 6.92 Å². The standard InChI is InChI=1S/C27H18F4N4O5/c1-14-32-22-11-20(28)21(12-23(22)40-14)33-25(36)16-3-2-4-17(9-16)35-18(10-24(34-35)27(29,30)31)13-39-19-7-5-15(6-8-19)26(37)38/h2-12H,13H2,1H3,(H,33,36)(H,37,38). The molecule has 9 nitrogen and oxygen atoms in total. The molecule has 5 aromatic rings. The number of ether oxygens (including phenoxy) is 1. The van der Waals surface area contributed by atoms with E-state index in [9.17, 15) is 27.2 Å². The first kappa shape index (κ1) is 26.4. The Morgan fingerprint density at radius 1 is 1.05 bits per heavy atom. The van der Waals surface area contributed by atoms with Crippen molar-refractivity contribution in [2.45, 2.75) is 19.7 Å². The number of hydrogen-bond acceptors (Lipinski definition) is 6. The van der Waals surface area contributed by atoms with Crippen LogP contribution in [-0.2, 0) is 12.8 Å². The molecular weight excluding hydrogens is 536 g/mol. The maximum atomic E-state index is 14.5. The molecule has 204 valence electrons. The summed E-state index contributed by atoms with van der Waals surface area (Å²) in [7, 11) is 0. The molecule has 0 saturated carbocycles. The Balaban J connectivity index is 1.42. The van der Waals surface area contributed by atoms with Gasteiger partial charge in [-0.1, -0.05) is 6.07 Å². The number of aryl methyl sites for hydroxylation is 1. The second-order valence-electron chi connectivity index (χ2n) is 8.59. The fraction of sp³-hybridized carbons (Fsp3) is 0.111. The number of nitrogens with one attached hydrogen (secondary N) is 1. The average molecular weight is 554 g/mol. The first-order valence-corrected chi connectivity index (χ1v) is 11.6. The summed E-state index contributed by atoms with van der Waals surface area (Å²) in [5.74, 6) is -2.07. The van der Waals surface area contributed by atoms with Crippen LogP contribution in [0.4, 0.5) is 23.2 Å². The molecule has 13 heteroatoms. The quantitative estimate of drug-likeness (QED) is 0.237. The number of nitrogens with zero attached hydrogens (tertiary/aromatic N) is 3. The molecule has 0 bridgehead atoms. The Hall–Kier alpha value is -5.20. The number of amides is 1. The molecule has 0 aliphatic heterocycles. The lowest BCUT2D eigenvalue weighted by Gasteiger charge is -2.11. The van der Waals surface area contributed by atoms with Crippen LogP contribution in [-0.4, -0.2) is 31.7 Å². The van der Waals surface area contributed by atoms with Crippen LogP contribution >= 0.6 is 0 Å². The lowest BCUT2D eigenvalue weighted by atomic mass is 10.1. The van der Waals surface area contributed by atoms with E-state index in [0.29, 0.717) is 5.89 Å². The Labute approximate surface area is 222 Å². The molecule has 0 aliphatic rings. The monoisotopic (exact) mass is 554 g/mol. The lowest BCUT2D eigenvalue weighted by molar-refractivity contribution is -0.141. The molecule has 0 fully saturated rings. The Bertz CT molecular complexity index is 1740. The molecule has 1 amide bonds. The molecule has 0 atom stereocenters. The number of benzene rings is 3. The van der Waals surface area contributed by atoms with Gasteiger partial charge in [-0.2, -0.15) is 18.3 Å². The third-order valence-corrected chi connectivity index (χ3v) is 5.75. The first-order chi connectivity index (χ1) is 19.0. The summed E-state index contributed by atoms with van der Waals surface area (Å²) < 4.78 is 67.0. The highest BCUT2D eigenvalue weighted by Crippen LogP contribution is 2.30. The molecule has 2 heterocycles. The van der Waals surface area contributed by atoms with Crippen LogP contribution in [0.5, 0.6) is 5.75 Å². The van der Waals surface area contributed by atoms with Crippen LogP contribution in [0.1, 0.15) is 38.0 Å². The summed E-state index contributed by atoms with van der Waals surface area (Å²) in [4.78, 5) is 28.0. The number of carbonyl (C=O) groups excluding carboxylic acids is 1. The van der Waals surface area contributed by atoms with Crippen LogP contribution in [0.3, 0.4) is 0 Å². The minimum Gasteiger partial charge on any atom is -0.487 e. The molecule has 2 N–H and O–H groups in total. The van der Waals surface area contributed by atoms with Crippen LogP contribution in [0.15, 0.2) is 71.1 Å². The van der Waals surface area contributed by atoms with Gasteiger partial charge < -0.3 is 19.6 Å². The number of aromatic nitrogens is 3. The smallest absolute Gasteiger partial charge is 0.435 e. The van der Waals surface area contributed by atoms with Crippen molar-refractivity contribution < 1.29 is 41.4 Å². The van der Waals surface area contributed by atoms with E-state index in [1.807, 2.05) is 0 Å². The number of carboxylic acid groups (broad SMARTS) is 1. The normalized spacial score (nSPS) is 11.5. The Kier molecular flexibility index (Phi) is 6.71. The summed E-state index contributed by atoms with van der Waals surface area (Å²) in [5, 5.41) is 15.1. The van der Waals surface area contributed by atoms with Crippen molar-refractivity contribution in [3.05, 3.63) is 101 Å². The molecule has 0 saturated heterocycles. The fourth-order valence-corrected chi connectivity index (χ4v) is 3.87. The number of hydrogen-bond donors (Lipinski definition) is 2. The zero-order chi connectivity index (χ0) is 28.6. The highest BCUT2D eigenvalue weighted by Gasteiger charge is 2.35. The molecular formula is C27H18F4N4O5. The fourth-order valence-electron chi connectivity index (χ4n) is 3.87. The summed E-state index contributed by atoms with van der Waals surface area (Å²) in [5.41, 5.74) is -0.647. The van der Waals surface area contributed by atoms with E-state index < -0.39 is 29.6 Å². The van der Waals surface area contributed by atoms with Crippen LogP contribution in [0.25, 0.3) is 16.8 Å². The van der Waals surface area contributed by atoms with E-state index in [1.165, 1.54) is 54.6 Å². The van der Waals surface area contributed by atoms with Crippen LogP contribution in [0, 0.1) is 12.7 Å². The van der Waals surface area contributed by atoms with Gasteiger partial charge in [0.2, 0.25) is 0 Å². The molecule has 0 aliphatic carbocycles. The molecule has 0 radical (unpaired) electrons. The number of anilines is 1. The van der Waals surface area contributed by atoms with E-state index >= 15 is 0 Å². The lowest BCUT2D eigenvalue weighted by Crippen LogP contribution is -2.14. The van der Waals surface area contributed by atoms with Gasteiger partial charge in [0.05, 0.1) is 22.6 Å². The van der Waals surface area contributed by atoms with Crippen molar-refractivity contribution in [1.29, 1.82) is 0 Å². The predicted molar refractivity (Wildman–Crippen MR) is 133 cm³/mol. The number of fused-ring (bicyclic) bond motifs is 1. The minimum atomic E-state index is -4.76. The summed E-state index contributed by atoms with van der Waals surface area (Å²) in [6.07, 6.45) is -4.76. The van der Waals surface area contributed by atoms with Crippen molar-refractivity contribution >= 4 is 28.7 Å². The molecule has 3 aromatic carbocycles. The van der Waals surface area contributed by atoms with Crippen molar-refractivity contribution in [1.82, 2.24) is 14.8 Å². The highest BCUT2D eigenvalue weighted by atomic mass is 19.4. The molecule has 40 heavy (non-hydrogen) atoms. The van der Waals surface area contributed by atoms with Crippen molar-refractivity contribution in [3.8, 4) is 11.4 Å². The van der Waals surface area contributed by atoms with Gasteiger partial charge in [-0.05, 0) is 48.5 Å². The van der Waals surface area contributed by atoms with Gasteiger partial charge in [-0.3, -0.25) is 4.79 Å². The predicted octanol–water partition coefficient (Wildman–Crippen LogP) is 6.01. The second kappa shape index (κ2) is 10.2. The zero-order valence-corrected chi connectivity index (χ0v) is 20.5. The number of aromatic carboxylic acids is 1.